The molecule has 0 heterocycles. The van der Waals surface area contributed by atoms with Crippen LogP contribution in [0.1, 0.15) is 35.2 Å². The highest BCUT2D eigenvalue weighted by Crippen LogP contribution is 2.19. The van der Waals surface area contributed by atoms with Gasteiger partial charge in [-0.25, -0.2) is 0 Å². The number of aryl methyl sites for hydroxylation is 1. The quantitative estimate of drug-likeness (QED) is 0.634. The first-order valence-electron chi connectivity index (χ1n) is 6.46. The number of nitrogens with two attached hydrogens (primary N) is 1. The molecule has 0 saturated heterocycles. The second-order valence-corrected chi connectivity index (χ2v) is 4.90. The van der Waals surface area contributed by atoms with Crippen molar-refractivity contribution in [3.8, 4) is 0 Å². The van der Waals surface area contributed by atoms with E-state index in [0.29, 0.717) is 17.2 Å². The molecular formula is C15H20N2O. The number of benzene rings is 1. The molecule has 0 radical (unpaired) electrons. The molecule has 3 nitrogen and oxygen atoms in total. The van der Waals surface area contributed by atoms with Gasteiger partial charge in [-0.2, -0.15) is 0 Å². The van der Waals surface area contributed by atoms with Gasteiger partial charge in [-0.1, -0.05) is 24.3 Å². The predicted molar refractivity (Wildman–Crippen MR) is 74.4 cm³/mol. The Morgan fingerprint density at radius 3 is 2.94 bits per heavy atom. The number of amides is 1. The van der Waals surface area contributed by atoms with Gasteiger partial charge < -0.3 is 11.1 Å². The van der Waals surface area contributed by atoms with Crippen LogP contribution >= 0.6 is 0 Å². The number of carbonyl (C=O) groups is 1. The number of allylic oxidation sites excluding steroid dienone is 2. The fraction of sp³-hybridized carbons (Fsp3) is 0.400. The van der Waals surface area contributed by atoms with Crippen molar-refractivity contribution in [2.75, 3.05) is 12.3 Å². The van der Waals surface area contributed by atoms with E-state index in [1.807, 2.05) is 19.1 Å². The van der Waals surface area contributed by atoms with Crippen LogP contribution in [-0.2, 0) is 0 Å². The van der Waals surface area contributed by atoms with Gasteiger partial charge in [-0.3, -0.25) is 4.79 Å². The summed E-state index contributed by atoms with van der Waals surface area (Å²) in [5, 5.41) is 3.00. The SMILES string of the molecule is Cc1cccc(N)c1C(=O)NCC1CC=CCC1. The summed E-state index contributed by atoms with van der Waals surface area (Å²) in [5.41, 5.74) is 7.95. The Kier molecular flexibility index (Phi) is 4.03. The highest BCUT2D eigenvalue weighted by atomic mass is 16.1. The molecule has 3 heteroatoms. The molecule has 0 fully saturated rings. The molecule has 0 aromatic heterocycles. The Bertz CT molecular complexity index is 445. The summed E-state index contributed by atoms with van der Waals surface area (Å²) in [6, 6.07) is 5.55. The summed E-state index contributed by atoms with van der Waals surface area (Å²) in [7, 11) is 0. The Morgan fingerprint density at radius 2 is 2.28 bits per heavy atom. The Balaban J connectivity index is 1.97. The number of nitrogens with one attached hydrogen (secondary N) is 1. The number of hydrogen-bond acceptors (Lipinski definition) is 2. The third-order valence-corrected chi connectivity index (χ3v) is 3.46. The molecule has 1 aromatic carbocycles. The number of nitrogen functional groups attached to an aromatic ring is 1. The van der Waals surface area contributed by atoms with Gasteiger partial charge in [0.15, 0.2) is 0 Å². The first-order valence-corrected chi connectivity index (χ1v) is 6.46. The van der Waals surface area contributed by atoms with Crippen LogP contribution in [0.5, 0.6) is 0 Å². The molecule has 0 aliphatic heterocycles. The van der Waals surface area contributed by atoms with E-state index >= 15 is 0 Å². The molecular weight excluding hydrogens is 224 g/mol. The molecule has 1 aliphatic carbocycles. The Hall–Kier alpha value is -1.77. The van der Waals surface area contributed by atoms with E-state index in [0.717, 1.165) is 31.4 Å². The lowest BCUT2D eigenvalue weighted by Crippen LogP contribution is -2.30. The largest absolute Gasteiger partial charge is 0.398 e. The molecule has 96 valence electrons. The van der Waals surface area contributed by atoms with Crippen LogP contribution in [0.25, 0.3) is 0 Å². The van der Waals surface area contributed by atoms with Crippen molar-refractivity contribution in [2.24, 2.45) is 5.92 Å². The molecule has 1 aromatic rings. The van der Waals surface area contributed by atoms with Crippen LogP contribution in [0.15, 0.2) is 30.4 Å². The van der Waals surface area contributed by atoms with Crippen LogP contribution in [0.3, 0.4) is 0 Å². The summed E-state index contributed by atoms with van der Waals surface area (Å²) in [5.74, 6) is 0.504. The molecule has 2 rings (SSSR count). The summed E-state index contributed by atoms with van der Waals surface area (Å²) >= 11 is 0. The smallest absolute Gasteiger partial charge is 0.253 e. The van der Waals surface area contributed by atoms with Crippen LogP contribution in [-0.4, -0.2) is 12.5 Å². The summed E-state index contributed by atoms with van der Waals surface area (Å²) < 4.78 is 0. The lowest BCUT2D eigenvalue weighted by atomic mass is 9.94. The third kappa shape index (κ3) is 2.92. The minimum absolute atomic E-state index is 0.0554. The van der Waals surface area contributed by atoms with Gasteiger partial charge in [0.25, 0.3) is 5.91 Å². The van der Waals surface area contributed by atoms with Gasteiger partial charge in [0, 0.05) is 12.2 Å². The third-order valence-electron chi connectivity index (χ3n) is 3.46. The van der Waals surface area contributed by atoms with Crippen molar-refractivity contribution >= 4 is 11.6 Å². The van der Waals surface area contributed by atoms with Crippen molar-refractivity contribution in [1.82, 2.24) is 5.32 Å². The molecule has 1 aliphatic rings. The molecule has 1 atom stereocenters. The zero-order valence-corrected chi connectivity index (χ0v) is 10.8. The van der Waals surface area contributed by atoms with Crippen LogP contribution in [0, 0.1) is 12.8 Å². The van der Waals surface area contributed by atoms with Crippen molar-refractivity contribution in [1.29, 1.82) is 0 Å². The summed E-state index contributed by atoms with van der Waals surface area (Å²) in [4.78, 5) is 12.1. The van der Waals surface area contributed by atoms with Crippen LogP contribution < -0.4 is 11.1 Å². The topological polar surface area (TPSA) is 55.1 Å². The fourth-order valence-corrected chi connectivity index (χ4v) is 2.37. The number of anilines is 1. The van der Waals surface area contributed by atoms with E-state index in [9.17, 15) is 4.79 Å². The molecule has 0 bridgehead atoms. The summed E-state index contributed by atoms with van der Waals surface area (Å²) in [6.07, 6.45) is 7.73. The predicted octanol–water partition coefficient (Wildman–Crippen LogP) is 2.66. The van der Waals surface area contributed by atoms with Gasteiger partial charge >= 0.3 is 0 Å². The monoisotopic (exact) mass is 244 g/mol. The molecule has 1 amide bonds. The highest BCUT2D eigenvalue weighted by Gasteiger charge is 2.15. The minimum atomic E-state index is -0.0554. The maximum Gasteiger partial charge on any atom is 0.253 e. The first kappa shape index (κ1) is 12.7. The van der Waals surface area contributed by atoms with Gasteiger partial charge in [0.1, 0.15) is 0 Å². The normalized spacial score (nSPS) is 18.6. The van der Waals surface area contributed by atoms with Gasteiger partial charge in [-0.15, -0.1) is 0 Å². The standard InChI is InChI=1S/C15H20N2O/c1-11-6-5-9-13(16)14(11)15(18)17-10-12-7-3-2-4-8-12/h2-3,5-6,9,12H,4,7-8,10,16H2,1H3,(H,17,18). The molecule has 1 unspecified atom stereocenters. The zero-order chi connectivity index (χ0) is 13.0. The van der Waals surface area contributed by atoms with E-state index < -0.39 is 0 Å². The van der Waals surface area contributed by atoms with Crippen molar-refractivity contribution in [3.05, 3.63) is 41.5 Å². The Morgan fingerprint density at radius 1 is 1.44 bits per heavy atom. The van der Waals surface area contributed by atoms with Crippen molar-refractivity contribution in [3.63, 3.8) is 0 Å². The van der Waals surface area contributed by atoms with E-state index in [-0.39, 0.29) is 5.91 Å². The van der Waals surface area contributed by atoms with Crippen molar-refractivity contribution < 1.29 is 4.79 Å². The zero-order valence-electron chi connectivity index (χ0n) is 10.8. The van der Waals surface area contributed by atoms with E-state index in [1.54, 1.807) is 6.07 Å². The molecule has 18 heavy (non-hydrogen) atoms. The number of rotatable bonds is 3. The van der Waals surface area contributed by atoms with E-state index in [1.165, 1.54) is 0 Å². The molecule has 0 saturated carbocycles. The second kappa shape index (κ2) is 5.71. The maximum atomic E-state index is 12.1. The second-order valence-electron chi connectivity index (χ2n) is 4.90. The molecule has 3 N–H and O–H groups in total. The maximum absolute atomic E-state index is 12.1. The summed E-state index contributed by atoms with van der Waals surface area (Å²) in [6.45, 7) is 2.64. The van der Waals surface area contributed by atoms with Gasteiger partial charge in [0.05, 0.1) is 5.56 Å². The fourth-order valence-electron chi connectivity index (χ4n) is 2.37. The highest BCUT2D eigenvalue weighted by molar-refractivity contribution is 6.00. The molecule has 0 spiro atoms. The van der Waals surface area contributed by atoms with E-state index in [4.69, 9.17) is 5.73 Å². The van der Waals surface area contributed by atoms with Crippen molar-refractivity contribution in [2.45, 2.75) is 26.2 Å². The van der Waals surface area contributed by atoms with Gasteiger partial charge in [-0.05, 0) is 43.7 Å². The number of hydrogen-bond donors (Lipinski definition) is 2. The van der Waals surface area contributed by atoms with Crippen LogP contribution in [0.4, 0.5) is 5.69 Å². The lowest BCUT2D eigenvalue weighted by molar-refractivity contribution is 0.0946. The average molecular weight is 244 g/mol. The minimum Gasteiger partial charge on any atom is -0.398 e. The first-order chi connectivity index (χ1) is 8.68. The van der Waals surface area contributed by atoms with E-state index in [2.05, 4.69) is 17.5 Å². The van der Waals surface area contributed by atoms with Crippen LogP contribution in [0.2, 0.25) is 0 Å². The lowest BCUT2D eigenvalue weighted by Gasteiger charge is -2.18. The van der Waals surface area contributed by atoms with Gasteiger partial charge in [0.2, 0.25) is 0 Å². The number of carbonyl (C=O) groups excluding carboxylic acids is 1. The average Bonchev–Trinajstić information content (AvgIpc) is 2.37. The Labute approximate surface area is 108 Å².